The lowest BCUT2D eigenvalue weighted by Crippen LogP contribution is -2.39. The molecule has 0 radical (unpaired) electrons. The van der Waals surface area contributed by atoms with Gasteiger partial charge in [0.05, 0.1) is 18.2 Å². The van der Waals surface area contributed by atoms with Crippen LogP contribution in [0.2, 0.25) is 5.02 Å². The number of hydrogen-bond acceptors (Lipinski definition) is 3. The molecule has 2 aromatic rings. The first-order valence-corrected chi connectivity index (χ1v) is 7.88. The van der Waals surface area contributed by atoms with Crippen molar-refractivity contribution in [3.63, 3.8) is 0 Å². The smallest absolute Gasteiger partial charge is 0.241 e. The molecule has 2 rings (SSSR count). The van der Waals surface area contributed by atoms with Crippen LogP contribution in [0.1, 0.15) is 12.5 Å². The highest BCUT2D eigenvalue weighted by molar-refractivity contribution is 6.31. The lowest BCUT2D eigenvalue weighted by Gasteiger charge is -2.24. The lowest BCUT2D eigenvalue weighted by atomic mass is 10.1. The molecule has 0 aliphatic heterocycles. The van der Waals surface area contributed by atoms with Gasteiger partial charge in [-0.05, 0) is 38.2 Å². The zero-order chi connectivity index (χ0) is 17.7. The fraction of sp³-hybridized carbons (Fsp3) is 0.278. The Morgan fingerprint density at radius 2 is 2.04 bits per heavy atom. The van der Waals surface area contributed by atoms with Crippen LogP contribution in [-0.4, -0.2) is 31.0 Å². The Balaban J connectivity index is 2.02. The Labute approximate surface area is 146 Å². The van der Waals surface area contributed by atoms with Crippen molar-refractivity contribution in [2.75, 3.05) is 19.5 Å². The number of ether oxygens (including phenoxy) is 1. The Kier molecular flexibility index (Phi) is 6.17. The number of likely N-dealkylation sites (N-methyl/N-ethyl adjacent to an activating group) is 1. The van der Waals surface area contributed by atoms with Crippen LogP contribution in [0, 0.1) is 5.82 Å². The number of anilines is 1. The predicted molar refractivity (Wildman–Crippen MR) is 94.0 cm³/mol. The highest BCUT2D eigenvalue weighted by Gasteiger charge is 2.19. The van der Waals surface area contributed by atoms with Gasteiger partial charge in [-0.2, -0.15) is 0 Å². The number of halogens is 2. The molecule has 0 heterocycles. The van der Waals surface area contributed by atoms with E-state index < -0.39 is 11.9 Å². The highest BCUT2D eigenvalue weighted by atomic mass is 35.5. The zero-order valence-electron chi connectivity index (χ0n) is 13.8. The molecule has 1 unspecified atom stereocenters. The van der Waals surface area contributed by atoms with Crippen LogP contribution in [0.4, 0.5) is 10.1 Å². The van der Waals surface area contributed by atoms with E-state index in [1.807, 2.05) is 36.2 Å². The first-order chi connectivity index (χ1) is 11.4. The third kappa shape index (κ3) is 4.46. The van der Waals surface area contributed by atoms with Crippen molar-refractivity contribution >= 4 is 23.2 Å². The van der Waals surface area contributed by atoms with Gasteiger partial charge in [0.2, 0.25) is 5.91 Å². The third-order valence-electron chi connectivity index (χ3n) is 3.84. The summed E-state index contributed by atoms with van der Waals surface area (Å²) in [6.45, 7) is 2.36. The van der Waals surface area contributed by atoms with Crippen molar-refractivity contribution in [2.45, 2.75) is 19.5 Å². The summed E-state index contributed by atoms with van der Waals surface area (Å²) in [7, 11) is 3.47. The maximum absolute atomic E-state index is 13.2. The van der Waals surface area contributed by atoms with E-state index in [4.69, 9.17) is 16.3 Å². The quantitative estimate of drug-likeness (QED) is 0.857. The molecule has 2 aromatic carbocycles. The largest absolute Gasteiger partial charge is 0.496 e. The number of nitrogens with zero attached hydrogens (tertiary/aromatic N) is 1. The van der Waals surface area contributed by atoms with Gasteiger partial charge in [0.25, 0.3) is 0 Å². The molecule has 0 bridgehead atoms. The van der Waals surface area contributed by atoms with Crippen LogP contribution in [0.3, 0.4) is 0 Å². The van der Waals surface area contributed by atoms with E-state index in [-0.39, 0.29) is 10.9 Å². The first-order valence-electron chi connectivity index (χ1n) is 7.50. The van der Waals surface area contributed by atoms with Crippen molar-refractivity contribution in [2.24, 2.45) is 0 Å². The summed E-state index contributed by atoms with van der Waals surface area (Å²) >= 11 is 5.73. The summed E-state index contributed by atoms with van der Waals surface area (Å²) in [5.41, 5.74) is 1.45. The van der Waals surface area contributed by atoms with Gasteiger partial charge in [0.15, 0.2) is 0 Å². The fourth-order valence-corrected chi connectivity index (χ4v) is 2.44. The number of carbonyl (C=O) groups is 1. The molecule has 0 saturated carbocycles. The van der Waals surface area contributed by atoms with E-state index in [9.17, 15) is 9.18 Å². The van der Waals surface area contributed by atoms with Crippen molar-refractivity contribution in [1.82, 2.24) is 4.90 Å². The summed E-state index contributed by atoms with van der Waals surface area (Å²) in [4.78, 5) is 14.3. The first kappa shape index (κ1) is 18.2. The molecule has 0 fully saturated rings. The second-order valence-corrected chi connectivity index (χ2v) is 5.93. The maximum atomic E-state index is 13.2. The molecule has 0 saturated heterocycles. The number of hydrogen-bond donors (Lipinski definition) is 1. The van der Waals surface area contributed by atoms with E-state index in [0.717, 1.165) is 11.3 Å². The van der Waals surface area contributed by atoms with E-state index in [1.165, 1.54) is 18.2 Å². The average Bonchev–Trinajstić information content (AvgIpc) is 2.57. The Morgan fingerprint density at radius 3 is 2.71 bits per heavy atom. The zero-order valence-corrected chi connectivity index (χ0v) is 14.6. The van der Waals surface area contributed by atoms with E-state index in [1.54, 1.807) is 14.0 Å². The van der Waals surface area contributed by atoms with Gasteiger partial charge < -0.3 is 10.1 Å². The lowest BCUT2D eigenvalue weighted by molar-refractivity contribution is -0.120. The molecular weight excluding hydrogens is 331 g/mol. The molecular formula is C18H20ClFN2O2. The number of nitrogens with one attached hydrogen (secondary N) is 1. The Morgan fingerprint density at radius 1 is 1.33 bits per heavy atom. The van der Waals surface area contributed by atoms with Crippen molar-refractivity contribution in [1.29, 1.82) is 0 Å². The molecule has 24 heavy (non-hydrogen) atoms. The maximum Gasteiger partial charge on any atom is 0.241 e. The second kappa shape index (κ2) is 8.13. The van der Waals surface area contributed by atoms with Crippen LogP contribution in [-0.2, 0) is 11.3 Å². The molecule has 1 atom stereocenters. The summed E-state index contributed by atoms with van der Waals surface area (Å²) < 4.78 is 18.5. The predicted octanol–water partition coefficient (Wildman–Crippen LogP) is 3.95. The number of rotatable bonds is 6. The number of methoxy groups -OCH3 is 1. The van der Waals surface area contributed by atoms with Crippen molar-refractivity contribution in [3.05, 3.63) is 58.9 Å². The van der Waals surface area contributed by atoms with Gasteiger partial charge in [-0.25, -0.2) is 4.39 Å². The van der Waals surface area contributed by atoms with E-state index in [0.29, 0.717) is 12.2 Å². The summed E-state index contributed by atoms with van der Waals surface area (Å²) in [6.07, 6.45) is 0. The minimum Gasteiger partial charge on any atom is -0.496 e. The summed E-state index contributed by atoms with van der Waals surface area (Å²) in [6, 6.07) is 11.4. The standard InChI is InChI=1S/C18H20ClFN2O2/c1-12(18(23)21-14-8-9-16(20)15(19)10-14)22(2)11-13-6-4-5-7-17(13)24-3/h4-10,12H,11H2,1-3H3,(H,21,23). The average molecular weight is 351 g/mol. The van der Waals surface area contributed by atoms with E-state index in [2.05, 4.69) is 5.32 Å². The molecule has 4 nitrogen and oxygen atoms in total. The van der Waals surface area contributed by atoms with Gasteiger partial charge >= 0.3 is 0 Å². The summed E-state index contributed by atoms with van der Waals surface area (Å²) in [5, 5.41) is 2.72. The number of benzene rings is 2. The van der Waals surface area contributed by atoms with Gasteiger partial charge in [-0.1, -0.05) is 29.8 Å². The van der Waals surface area contributed by atoms with E-state index >= 15 is 0 Å². The van der Waals surface area contributed by atoms with Crippen LogP contribution in [0.15, 0.2) is 42.5 Å². The van der Waals surface area contributed by atoms with Crippen LogP contribution >= 0.6 is 11.6 Å². The molecule has 1 N–H and O–H groups in total. The number of amides is 1. The molecule has 0 aliphatic rings. The molecule has 6 heteroatoms. The molecule has 0 spiro atoms. The Bertz CT molecular complexity index is 724. The minimum atomic E-state index is -0.518. The molecule has 128 valence electrons. The number of para-hydroxylation sites is 1. The minimum absolute atomic E-state index is 0.0252. The van der Waals surface area contributed by atoms with Gasteiger partial charge in [-0.3, -0.25) is 9.69 Å². The van der Waals surface area contributed by atoms with Gasteiger partial charge in [-0.15, -0.1) is 0 Å². The molecule has 1 amide bonds. The fourth-order valence-electron chi connectivity index (χ4n) is 2.26. The van der Waals surface area contributed by atoms with Crippen molar-refractivity contribution < 1.29 is 13.9 Å². The monoisotopic (exact) mass is 350 g/mol. The molecule has 0 aliphatic carbocycles. The van der Waals surface area contributed by atoms with Crippen LogP contribution < -0.4 is 10.1 Å². The SMILES string of the molecule is COc1ccccc1CN(C)C(C)C(=O)Nc1ccc(F)c(Cl)c1. The normalized spacial score (nSPS) is 12.1. The Hall–Kier alpha value is -2.11. The topological polar surface area (TPSA) is 41.6 Å². The van der Waals surface area contributed by atoms with Crippen molar-refractivity contribution in [3.8, 4) is 5.75 Å². The van der Waals surface area contributed by atoms with Crippen LogP contribution in [0.25, 0.3) is 0 Å². The number of carbonyl (C=O) groups excluding carboxylic acids is 1. The molecule has 0 aromatic heterocycles. The van der Waals surface area contributed by atoms with Gasteiger partial charge in [0.1, 0.15) is 11.6 Å². The second-order valence-electron chi connectivity index (χ2n) is 5.52. The third-order valence-corrected chi connectivity index (χ3v) is 4.13. The summed E-state index contributed by atoms with van der Waals surface area (Å²) in [5.74, 6) is 0.0633. The van der Waals surface area contributed by atoms with Crippen LogP contribution in [0.5, 0.6) is 5.75 Å². The highest BCUT2D eigenvalue weighted by Crippen LogP contribution is 2.21. The van der Waals surface area contributed by atoms with Gasteiger partial charge in [0, 0.05) is 17.8 Å².